The first-order valence-corrected chi connectivity index (χ1v) is 6.54. The lowest BCUT2D eigenvalue weighted by molar-refractivity contribution is 0.207. The highest BCUT2D eigenvalue weighted by Gasteiger charge is 2.35. The van der Waals surface area contributed by atoms with E-state index in [1.807, 2.05) is 18.2 Å². The normalized spacial score (nSPS) is 30.4. The predicted molar refractivity (Wildman–Crippen MR) is 70.0 cm³/mol. The van der Waals surface area contributed by atoms with Crippen LogP contribution in [0.5, 0.6) is 0 Å². The summed E-state index contributed by atoms with van der Waals surface area (Å²) in [6.07, 6.45) is 4.70. The third-order valence-corrected chi connectivity index (χ3v) is 4.55. The molecule has 1 aromatic carbocycles. The molecular formula is C13H17Cl2N. The molecule has 1 aliphatic rings. The van der Waals surface area contributed by atoms with Crippen LogP contribution in [0.1, 0.15) is 38.2 Å². The first-order valence-electron chi connectivity index (χ1n) is 5.78. The molecule has 0 aliphatic heterocycles. The van der Waals surface area contributed by atoms with Crippen molar-refractivity contribution in [2.45, 2.75) is 38.1 Å². The number of hydrogen-bond acceptors (Lipinski definition) is 1. The van der Waals surface area contributed by atoms with Gasteiger partial charge in [-0.05, 0) is 36.5 Å². The monoisotopic (exact) mass is 257 g/mol. The Morgan fingerprint density at radius 3 is 2.62 bits per heavy atom. The summed E-state index contributed by atoms with van der Waals surface area (Å²) in [4.78, 5) is 0. The molecule has 0 radical (unpaired) electrons. The van der Waals surface area contributed by atoms with Gasteiger partial charge in [0.05, 0.1) is 10.0 Å². The van der Waals surface area contributed by atoms with Gasteiger partial charge in [0.2, 0.25) is 0 Å². The van der Waals surface area contributed by atoms with Crippen LogP contribution in [0.2, 0.25) is 10.0 Å². The van der Waals surface area contributed by atoms with Gasteiger partial charge in [-0.15, -0.1) is 0 Å². The summed E-state index contributed by atoms with van der Waals surface area (Å²) in [7, 11) is 0. The molecule has 2 atom stereocenters. The number of benzene rings is 1. The minimum Gasteiger partial charge on any atom is -0.321 e. The van der Waals surface area contributed by atoms with Gasteiger partial charge in [0.15, 0.2) is 0 Å². The van der Waals surface area contributed by atoms with Crippen LogP contribution in [-0.4, -0.2) is 0 Å². The average molecular weight is 258 g/mol. The van der Waals surface area contributed by atoms with E-state index >= 15 is 0 Å². The van der Waals surface area contributed by atoms with Crippen molar-refractivity contribution in [1.82, 2.24) is 0 Å². The van der Waals surface area contributed by atoms with Crippen molar-refractivity contribution < 1.29 is 0 Å². The third-order valence-electron chi connectivity index (χ3n) is 3.81. The molecule has 2 rings (SSSR count). The Hall–Kier alpha value is -0.240. The molecular weight excluding hydrogens is 241 g/mol. The highest BCUT2D eigenvalue weighted by Crippen LogP contribution is 2.40. The molecule has 1 aromatic rings. The van der Waals surface area contributed by atoms with Crippen molar-refractivity contribution in [1.29, 1.82) is 0 Å². The van der Waals surface area contributed by atoms with Gasteiger partial charge in [-0.3, -0.25) is 0 Å². The fourth-order valence-corrected chi connectivity index (χ4v) is 2.88. The zero-order valence-corrected chi connectivity index (χ0v) is 11.0. The summed E-state index contributed by atoms with van der Waals surface area (Å²) in [6.45, 7) is 2.22. The van der Waals surface area contributed by atoms with Gasteiger partial charge in [-0.25, -0.2) is 0 Å². The molecule has 0 heterocycles. The first kappa shape index (κ1) is 12.2. The fourth-order valence-electron chi connectivity index (χ4n) is 2.59. The molecule has 2 N–H and O–H groups in total. The van der Waals surface area contributed by atoms with E-state index in [-0.39, 0.29) is 5.54 Å². The van der Waals surface area contributed by atoms with Crippen LogP contribution in [0, 0.1) is 5.92 Å². The van der Waals surface area contributed by atoms with Gasteiger partial charge in [0.1, 0.15) is 0 Å². The van der Waals surface area contributed by atoms with Gasteiger partial charge in [0.25, 0.3) is 0 Å². The van der Waals surface area contributed by atoms with Crippen molar-refractivity contribution in [3.05, 3.63) is 33.8 Å². The van der Waals surface area contributed by atoms with Crippen LogP contribution < -0.4 is 5.73 Å². The Kier molecular flexibility index (Phi) is 3.48. The molecule has 88 valence electrons. The third kappa shape index (κ3) is 2.09. The highest BCUT2D eigenvalue weighted by molar-refractivity contribution is 6.42. The van der Waals surface area contributed by atoms with Gasteiger partial charge in [0, 0.05) is 5.54 Å². The Labute approximate surface area is 107 Å². The van der Waals surface area contributed by atoms with E-state index in [1.165, 1.54) is 19.3 Å². The Bertz CT molecular complexity index is 392. The predicted octanol–water partition coefficient (Wildman–Crippen LogP) is 4.36. The Balaban J connectivity index is 2.37. The van der Waals surface area contributed by atoms with Crippen molar-refractivity contribution >= 4 is 23.2 Å². The molecule has 2 unspecified atom stereocenters. The molecule has 0 spiro atoms. The van der Waals surface area contributed by atoms with Gasteiger partial charge < -0.3 is 5.73 Å². The van der Waals surface area contributed by atoms with Gasteiger partial charge in [-0.1, -0.05) is 49.0 Å². The van der Waals surface area contributed by atoms with Crippen LogP contribution in [0.15, 0.2) is 18.2 Å². The summed E-state index contributed by atoms with van der Waals surface area (Å²) in [5.74, 6) is 0.499. The molecule has 1 saturated carbocycles. The van der Waals surface area contributed by atoms with E-state index in [0.717, 1.165) is 12.0 Å². The van der Waals surface area contributed by atoms with Crippen molar-refractivity contribution in [3.8, 4) is 0 Å². The summed E-state index contributed by atoms with van der Waals surface area (Å²) in [5, 5.41) is 1.19. The Morgan fingerprint density at radius 2 is 2.00 bits per heavy atom. The largest absolute Gasteiger partial charge is 0.321 e. The molecule has 0 amide bonds. The van der Waals surface area contributed by atoms with E-state index in [1.54, 1.807) is 0 Å². The van der Waals surface area contributed by atoms with Gasteiger partial charge in [-0.2, -0.15) is 0 Å². The van der Waals surface area contributed by atoms with E-state index in [2.05, 4.69) is 6.92 Å². The molecule has 1 fully saturated rings. The minimum absolute atomic E-state index is 0.230. The van der Waals surface area contributed by atoms with E-state index in [4.69, 9.17) is 28.9 Å². The smallest absolute Gasteiger partial charge is 0.0595 e. The number of rotatable bonds is 1. The standard InChI is InChI=1S/C13H17Cl2N/c1-9-4-2-3-7-13(9,16)10-5-6-11(14)12(15)8-10/h5-6,8-9H,2-4,7,16H2,1H3. The molecule has 3 heteroatoms. The number of nitrogens with two attached hydrogens (primary N) is 1. The zero-order chi connectivity index (χ0) is 11.8. The quantitative estimate of drug-likeness (QED) is 0.795. The summed E-state index contributed by atoms with van der Waals surface area (Å²) >= 11 is 12.0. The lowest BCUT2D eigenvalue weighted by atomic mass is 9.70. The van der Waals surface area contributed by atoms with Crippen LogP contribution in [0.4, 0.5) is 0 Å². The SMILES string of the molecule is CC1CCCCC1(N)c1ccc(Cl)c(Cl)c1. The molecule has 0 bridgehead atoms. The molecule has 16 heavy (non-hydrogen) atoms. The summed E-state index contributed by atoms with van der Waals surface area (Å²) in [5.41, 5.74) is 7.43. The number of halogens is 2. The zero-order valence-electron chi connectivity index (χ0n) is 9.47. The lowest BCUT2D eigenvalue weighted by Crippen LogP contribution is -2.45. The van der Waals surface area contributed by atoms with Crippen LogP contribution in [0.3, 0.4) is 0 Å². The maximum Gasteiger partial charge on any atom is 0.0595 e. The lowest BCUT2D eigenvalue weighted by Gasteiger charge is -2.40. The first-order chi connectivity index (χ1) is 7.54. The van der Waals surface area contributed by atoms with Crippen LogP contribution >= 0.6 is 23.2 Å². The maximum atomic E-state index is 6.54. The van der Waals surface area contributed by atoms with Crippen molar-refractivity contribution in [2.75, 3.05) is 0 Å². The second-order valence-electron chi connectivity index (χ2n) is 4.82. The van der Waals surface area contributed by atoms with E-state index in [0.29, 0.717) is 16.0 Å². The van der Waals surface area contributed by atoms with Crippen molar-refractivity contribution in [2.24, 2.45) is 11.7 Å². The average Bonchev–Trinajstić information content (AvgIpc) is 2.26. The highest BCUT2D eigenvalue weighted by atomic mass is 35.5. The number of hydrogen-bond donors (Lipinski definition) is 1. The second kappa shape index (κ2) is 4.56. The minimum atomic E-state index is -0.230. The van der Waals surface area contributed by atoms with Crippen LogP contribution in [0.25, 0.3) is 0 Å². The van der Waals surface area contributed by atoms with Crippen molar-refractivity contribution in [3.63, 3.8) is 0 Å². The van der Waals surface area contributed by atoms with E-state index in [9.17, 15) is 0 Å². The molecule has 0 aromatic heterocycles. The van der Waals surface area contributed by atoms with Crippen LogP contribution in [-0.2, 0) is 5.54 Å². The molecule has 1 nitrogen and oxygen atoms in total. The molecule has 0 saturated heterocycles. The maximum absolute atomic E-state index is 6.54. The van der Waals surface area contributed by atoms with Gasteiger partial charge >= 0.3 is 0 Å². The topological polar surface area (TPSA) is 26.0 Å². The molecule has 1 aliphatic carbocycles. The Morgan fingerprint density at radius 1 is 1.25 bits per heavy atom. The summed E-state index contributed by atoms with van der Waals surface area (Å²) < 4.78 is 0. The van der Waals surface area contributed by atoms with E-state index < -0.39 is 0 Å². The fraction of sp³-hybridized carbons (Fsp3) is 0.538. The second-order valence-corrected chi connectivity index (χ2v) is 5.63. The summed E-state index contributed by atoms with van der Waals surface area (Å²) in [6, 6.07) is 5.77.